The summed E-state index contributed by atoms with van der Waals surface area (Å²) in [4.78, 5) is 22.3. The van der Waals surface area contributed by atoms with Crippen LogP contribution in [0.4, 0.5) is 16.2 Å². The Balaban J connectivity index is 1.79. The molecular formula is C19H22ClN7O2. The van der Waals surface area contributed by atoms with Crippen molar-refractivity contribution in [1.29, 1.82) is 0 Å². The van der Waals surface area contributed by atoms with Crippen LogP contribution in [0.5, 0.6) is 0 Å². The lowest BCUT2D eigenvalue weighted by Crippen LogP contribution is -2.22. The van der Waals surface area contributed by atoms with E-state index in [0.717, 1.165) is 11.1 Å². The Morgan fingerprint density at radius 1 is 1.14 bits per heavy atom. The maximum Gasteiger partial charge on any atom is 0.323 e. The average molecular weight is 416 g/mol. The molecule has 3 heterocycles. The van der Waals surface area contributed by atoms with E-state index in [9.17, 15) is 4.79 Å². The first kappa shape index (κ1) is 20.7. The highest BCUT2D eigenvalue weighted by Crippen LogP contribution is 2.32. The normalized spacial score (nSPS) is 12.1. The van der Waals surface area contributed by atoms with Crippen LogP contribution in [0.2, 0.25) is 5.02 Å². The van der Waals surface area contributed by atoms with Crippen molar-refractivity contribution in [3.8, 4) is 5.82 Å². The third-order valence-corrected chi connectivity index (χ3v) is 4.61. The molecule has 3 rings (SSSR count). The van der Waals surface area contributed by atoms with Gasteiger partial charge in [0.1, 0.15) is 0 Å². The van der Waals surface area contributed by atoms with Gasteiger partial charge in [-0.15, -0.1) is 4.80 Å². The van der Waals surface area contributed by atoms with Crippen LogP contribution >= 0.6 is 11.6 Å². The molecule has 0 saturated heterocycles. The monoisotopic (exact) mass is 415 g/mol. The molecule has 1 atom stereocenters. The van der Waals surface area contributed by atoms with Crippen LogP contribution in [0.1, 0.15) is 43.9 Å². The minimum absolute atomic E-state index is 0.206. The Kier molecular flexibility index (Phi) is 6.40. The topological polar surface area (TPSA) is 107 Å². The van der Waals surface area contributed by atoms with E-state index < -0.39 is 6.03 Å². The number of carbonyl (C=O) groups excluding carboxylic acids is 1. The van der Waals surface area contributed by atoms with Crippen molar-refractivity contribution in [2.75, 3.05) is 17.7 Å². The van der Waals surface area contributed by atoms with E-state index in [1.54, 1.807) is 25.6 Å². The van der Waals surface area contributed by atoms with Crippen LogP contribution in [0.3, 0.4) is 0 Å². The second-order valence-corrected chi connectivity index (χ2v) is 7.06. The van der Waals surface area contributed by atoms with Crippen LogP contribution in [-0.4, -0.2) is 38.1 Å². The first-order valence-corrected chi connectivity index (χ1v) is 9.39. The van der Waals surface area contributed by atoms with Crippen LogP contribution in [-0.2, 0) is 4.74 Å². The molecule has 0 spiro atoms. The zero-order valence-electron chi connectivity index (χ0n) is 16.5. The third kappa shape index (κ3) is 4.69. The van der Waals surface area contributed by atoms with Gasteiger partial charge < -0.3 is 15.4 Å². The Morgan fingerprint density at radius 2 is 1.86 bits per heavy atom. The Bertz CT molecular complexity index is 992. The van der Waals surface area contributed by atoms with E-state index in [-0.39, 0.29) is 12.0 Å². The predicted molar refractivity (Wildman–Crippen MR) is 111 cm³/mol. The number of amides is 2. The van der Waals surface area contributed by atoms with E-state index >= 15 is 0 Å². The molecule has 0 aliphatic rings. The minimum atomic E-state index is -0.444. The second kappa shape index (κ2) is 8.97. The molecule has 0 radical (unpaired) electrons. The molecule has 152 valence electrons. The maximum absolute atomic E-state index is 12.6. The number of methoxy groups -OCH3 is 1. The van der Waals surface area contributed by atoms with E-state index in [0.29, 0.717) is 22.2 Å². The standard InChI is InChI=1S/C19H22ClN7O2/c1-11(2)14-9-21-10-16(17(14)12(3)29-4)26-19(28)25-13-7-15(20)18(22-8-13)27-23-5-6-24-27/h5-12H,1-4H3,(H2,25,26,28). The fraction of sp³-hybridized carbons (Fsp3) is 0.316. The second-order valence-electron chi connectivity index (χ2n) is 6.65. The largest absolute Gasteiger partial charge is 0.377 e. The van der Waals surface area contributed by atoms with E-state index in [1.807, 2.05) is 6.92 Å². The number of hydrogen-bond acceptors (Lipinski definition) is 6. The van der Waals surface area contributed by atoms with Crippen molar-refractivity contribution in [3.63, 3.8) is 0 Å². The van der Waals surface area contributed by atoms with Crippen molar-refractivity contribution in [1.82, 2.24) is 25.0 Å². The van der Waals surface area contributed by atoms with Gasteiger partial charge in [-0.3, -0.25) is 4.98 Å². The van der Waals surface area contributed by atoms with Crippen LogP contribution in [0.25, 0.3) is 5.82 Å². The number of ether oxygens (including phenoxy) is 1. The smallest absolute Gasteiger partial charge is 0.323 e. The van der Waals surface area contributed by atoms with E-state index in [2.05, 4.69) is 44.6 Å². The molecule has 0 aliphatic heterocycles. The highest BCUT2D eigenvalue weighted by atomic mass is 35.5. The molecule has 0 bridgehead atoms. The van der Waals surface area contributed by atoms with Gasteiger partial charge in [0.25, 0.3) is 0 Å². The lowest BCUT2D eigenvalue weighted by atomic mass is 9.95. The van der Waals surface area contributed by atoms with Gasteiger partial charge in [-0.1, -0.05) is 25.4 Å². The van der Waals surface area contributed by atoms with Gasteiger partial charge in [0.2, 0.25) is 0 Å². The quantitative estimate of drug-likeness (QED) is 0.625. The van der Waals surface area contributed by atoms with Gasteiger partial charge in [-0.2, -0.15) is 10.2 Å². The molecular weight excluding hydrogens is 394 g/mol. The maximum atomic E-state index is 12.6. The number of hydrogen-bond donors (Lipinski definition) is 2. The number of nitrogens with one attached hydrogen (secondary N) is 2. The summed E-state index contributed by atoms with van der Waals surface area (Å²) in [5, 5.41) is 13.8. The van der Waals surface area contributed by atoms with Gasteiger partial charge in [0, 0.05) is 18.9 Å². The van der Waals surface area contributed by atoms with Gasteiger partial charge >= 0.3 is 6.03 Å². The van der Waals surface area contributed by atoms with Gasteiger partial charge in [-0.05, 0) is 24.5 Å². The minimum Gasteiger partial charge on any atom is -0.377 e. The molecule has 0 aliphatic carbocycles. The van der Waals surface area contributed by atoms with Gasteiger partial charge in [-0.25, -0.2) is 9.78 Å². The number of urea groups is 1. The number of pyridine rings is 2. The fourth-order valence-electron chi connectivity index (χ4n) is 2.87. The molecule has 1 unspecified atom stereocenters. The Hall–Kier alpha value is -3.04. The highest BCUT2D eigenvalue weighted by molar-refractivity contribution is 6.32. The molecule has 0 saturated carbocycles. The zero-order chi connectivity index (χ0) is 21.0. The van der Waals surface area contributed by atoms with Crippen molar-refractivity contribution in [3.05, 3.63) is 53.2 Å². The molecule has 2 amide bonds. The fourth-order valence-corrected chi connectivity index (χ4v) is 3.12. The Morgan fingerprint density at radius 3 is 2.48 bits per heavy atom. The summed E-state index contributed by atoms with van der Waals surface area (Å²) < 4.78 is 5.49. The van der Waals surface area contributed by atoms with Crippen molar-refractivity contribution in [2.24, 2.45) is 0 Å². The molecule has 0 aromatic carbocycles. The third-order valence-electron chi connectivity index (χ3n) is 4.34. The summed E-state index contributed by atoms with van der Waals surface area (Å²) in [6, 6.07) is 1.13. The number of nitrogens with zero attached hydrogens (tertiary/aromatic N) is 5. The number of rotatable bonds is 6. The van der Waals surface area contributed by atoms with Crippen molar-refractivity contribution in [2.45, 2.75) is 32.8 Å². The van der Waals surface area contributed by atoms with Crippen LogP contribution in [0.15, 0.2) is 37.1 Å². The Labute approximate surface area is 173 Å². The lowest BCUT2D eigenvalue weighted by molar-refractivity contribution is 0.119. The zero-order valence-corrected chi connectivity index (χ0v) is 17.3. The highest BCUT2D eigenvalue weighted by Gasteiger charge is 2.19. The summed E-state index contributed by atoms with van der Waals surface area (Å²) >= 11 is 6.24. The summed E-state index contributed by atoms with van der Waals surface area (Å²) in [5.41, 5.74) is 2.92. The number of carbonyl (C=O) groups is 1. The van der Waals surface area contributed by atoms with Gasteiger partial charge in [0.05, 0.1) is 47.3 Å². The molecule has 0 fully saturated rings. The molecule has 9 nitrogen and oxygen atoms in total. The van der Waals surface area contributed by atoms with Crippen LogP contribution < -0.4 is 10.6 Å². The molecule has 3 aromatic heterocycles. The average Bonchev–Trinajstić information content (AvgIpc) is 3.21. The predicted octanol–water partition coefficient (Wildman–Crippen LogP) is 4.19. The summed E-state index contributed by atoms with van der Waals surface area (Å²) in [6.45, 7) is 6.06. The molecule has 3 aromatic rings. The van der Waals surface area contributed by atoms with Gasteiger partial charge in [0.15, 0.2) is 5.82 Å². The summed E-state index contributed by atoms with van der Waals surface area (Å²) in [7, 11) is 1.63. The number of halogens is 1. The van der Waals surface area contributed by atoms with Crippen molar-refractivity contribution >= 4 is 29.0 Å². The summed E-state index contributed by atoms with van der Waals surface area (Å²) in [6.07, 6.45) is 7.72. The van der Waals surface area contributed by atoms with E-state index in [4.69, 9.17) is 16.3 Å². The van der Waals surface area contributed by atoms with E-state index in [1.165, 1.54) is 23.4 Å². The number of aromatic nitrogens is 5. The summed E-state index contributed by atoms with van der Waals surface area (Å²) in [5.74, 6) is 0.596. The lowest BCUT2D eigenvalue weighted by Gasteiger charge is -2.21. The van der Waals surface area contributed by atoms with Crippen molar-refractivity contribution < 1.29 is 9.53 Å². The first-order valence-electron chi connectivity index (χ1n) is 9.01. The molecule has 2 N–H and O–H groups in total. The number of anilines is 2. The van der Waals surface area contributed by atoms with Crippen LogP contribution in [0, 0.1) is 0 Å². The molecule has 10 heteroatoms. The molecule has 29 heavy (non-hydrogen) atoms. The SMILES string of the molecule is COC(C)c1c(NC(=O)Nc2cnc(-n3nccn3)c(Cl)c2)cncc1C(C)C. The first-order chi connectivity index (χ1) is 13.9.